The molecule has 0 aromatic heterocycles. The van der Waals surface area contributed by atoms with Gasteiger partial charge in [0.2, 0.25) is 0 Å². The van der Waals surface area contributed by atoms with Crippen LogP contribution in [0.25, 0.3) is 0 Å². The minimum atomic E-state index is 0.578. The standard InChI is InChI=1S/C17H28N2/c1-4-17(16-8-6-5-7-9-16)19-11-10-15(3)18-12-14(2)13-19/h5-9,14-15,17-18H,4,10-13H2,1-3H3. The van der Waals surface area contributed by atoms with Gasteiger partial charge in [0.15, 0.2) is 0 Å². The molecule has 0 aliphatic carbocycles. The molecule has 0 amide bonds. The lowest BCUT2D eigenvalue weighted by molar-refractivity contribution is 0.143. The van der Waals surface area contributed by atoms with Crippen molar-refractivity contribution in [2.75, 3.05) is 19.6 Å². The van der Waals surface area contributed by atoms with Gasteiger partial charge in [0.05, 0.1) is 0 Å². The van der Waals surface area contributed by atoms with Gasteiger partial charge in [-0.1, -0.05) is 44.2 Å². The third-order valence-corrected chi connectivity index (χ3v) is 4.22. The highest BCUT2D eigenvalue weighted by Crippen LogP contribution is 2.26. The van der Waals surface area contributed by atoms with Crippen molar-refractivity contribution >= 4 is 0 Å². The predicted octanol–water partition coefficient (Wildman–Crippen LogP) is 3.46. The smallest absolute Gasteiger partial charge is 0.0345 e. The van der Waals surface area contributed by atoms with Gasteiger partial charge in [-0.2, -0.15) is 0 Å². The molecule has 19 heavy (non-hydrogen) atoms. The number of benzene rings is 1. The van der Waals surface area contributed by atoms with Gasteiger partial charge in [-0.3, -0.25) is 4.90 Å². The molecule has 1 aliphatic heterocycles. The number of hydrogen-bond acceptors (Lipinski definition) is 2. The molecule has 1 aromatic carbocycles. The van der Waals surface area contributed by atoms with E-state index in [4.69, 9.17) is 0 Å². The topological polar surface area (TPSA) is 15.3 Å². The first-order valence-corrected chi connectivity index (χ1v) is 7.73. The van der Waals surface area contributed by atoms with Crippen LogP contribution in [-0.2, 0) is 0 Å². The fourth-order valence-electron chi connectivity index (χ4n) is 3.08. The first kappa shape index (κ1) is 14.5. The lowest BCUT2D eigenvalue weighted by Gasteiger charge is -2.36. The van der Waals surface area contributed by atoms with E-state index in [9.17, 15) is 0 Å². The first-order valence-electron chi connectivity index (χ1n) is 7.73. The molecule has 1 aliphatic rings. The van der Waals surface area contributed by atoms with Crippen LogP contribution in [0, 0.1) is 5.92 Å². The van der Waals surface area contributed by atoms with Crippen LogP contribution in [0.15, 0.2) is 30.3 Å². The number of hydrogen-bond donors (Lipinski definition) is 1. The van der Waals surface area contributed by atoms with E-state index in [-0.39, 0.29) is 0 Å². The molecule has 3 unspecified atom stereocenters. The van der Waals surface area contributed by atoms with Crippen LogP contribution in [0.4, 0.5) is 0 Å². The summed E-state index contributed by atoms with van der Waals surface area (Å²) in [6, 6.07) is 12.2. The molecule has 1 heterocycles. The van der Waals surface area contributed by atoms with Gasteiger partial charge in [0.25, 0.3) is 0 Å². The lowest BCUT2D eigenvalue weighted by Crippen LogP contribution is -2.43. The van der Waals surface area contributed by atoms with Crippen LogP contribution in [0.3, 0.4) is 0 Å². The summed E-state index contributed by atoms with van der Waals surface area (Å²) in [5.74, 6) is 0.723. The average molecular weight is 260 g/mol. The molecular formula is C17H28N2. The Morgan fingerprint density at radius 1 is 1.26 bits per heavy atom. The molecule has 0 spiro atoms. The van der Waals surface area contributed by atoms with Crippen LogP contribution in [0.5, 0.6) is 0 Å². The van der Waals surface area contributed by atoms with Gasteiger partial charge in [0.1, 0.15) is 0 Å². The summed E-state index contributed by atoms with van der Waals surface area (Å²) >= 11 is 0. The Bertz CT molecular complexity index is 363. The normalized spacial score (nSPS) is 27.5. The molecule has 106 valence electrons. The minimum absolute atomic E-state index is 0.578. The van der Waals surface area contributed by atoms with E-state index in [2.05, 4.69) is 61.3 Å². The zero-order chi connectivity index (χ0) is 13.7. The molecule has 1 aromatic rings. The molecular weight excluding hydrogens is 232 g/mol. The van der Waals surface area contributed by atoms with E-state index in [0.29, 0.717) is 12.1 Å². The van der Waals surface area contributed by atoms with E-state index in [1.165, 1.54) is 31.5 Å². The summed E-state index contributed by atoms with van der Waals surface area (Å²) in [6.45, 7) is 10.5. The molecule has 2 rings (SSSR count). The molecule has 1 fully saturated rings. The molecule has 2 heteroatoms. The van der Waals surface area contributed by atoms with E-state index >= 15 is 0 Å². The SMILES string of the molecule is CCC(c1ccccc1)N1CCC(C)NCC(C)C1. The highest BCUT2D eigenvalue weighted by Gasteiger charge is 2.23. The van der Waals surface area contributed by atoms with E-state index in [1.54, 1.807) is 0 Å². The number of nitrogens with one attached hydrogen (secondary N) is 1. The van der Waals surface area contributed by atoms with Crippen LogP contribution in [-0.4, -0.2) is 30.6 Å². The van der Waals surface area contributed by atoms with Crippen molar-refractivity contribution in [3.05, 3.63) is 35.9 Å². The summed E-state index contributed by atoms with van der Waals surface area (Å²) in [7, 11) is 0. The summed E-state index contributed by atoms with van der Waals surface area (Å²) in [6.07, 6.45) is 2.44. The van der Waals surface area contributed by atoms with E-state index < -0.39 is 0 Å². The third-order valence-electron chi connectivity index (χ3n) is 4.22. The summed E-state index contributed by atoms with van der Waals surface area (Å²) < 4.78 is 0. The van der Waals surface area contributed by atoms with Crippen molar-refractivity contribution in [3.63, 3.8) is 0 Å². The van der Waals surface area contributed by atoms with E-state index in [1.807, 2.05) is 0 Å². The van der Waals surface area contributed by atoms with Gasteiger partial charge >= 0.3 is 0 Å². The second kappa shape index (κ2) is 7.06. The summed E-state index contributed by atoms with van der Waals surface area (Å²) in [5.41, 5.74) is 1.47. The average Bonchev–Trinajstić information content (AvgIpc) is 2.42. The Hall–Kier alpha value is -0.860. The van der Waals surface area contributed by atoms with Gasteiger partial charge in [-0.25, -0.2) is 0 Å². The maximum absolute atomic E-state index is 3.62. The van der Waals surface area contributed by atoms with Gasteiger partial charge in [-0.15, -0.1) is 0 Å². The highest BCUT2D eigenvalue weighted by atomic mass is 15.2. The fourth-order valence-corrected chi connectivity index (χ4v) is 3.08. The third kappa shape index (κ3) is 4.05. The van der Waals surface area contributed by atoms with Crippen LogP contribution >= 0.6 is 0 Å². The Labute approximate surface area is 118 Å². The molecule has 0 radical (unpaired) electrons. The van der Waals surface area contributed by atoms with Crippen molar-refractivity contribution in [2.45, 2.75) is 45.7 Å². The highest BCUT2D eigenvalue weighted by molar-refractivity contribution is 5.19. The Morgan fingerprint density at radius 2 is 2.00 bits per heavy atom. The van der Waals surface area contributed by atoms with Crippen LogP contribution in [0.1, 0.15) is 45.2 Å². The molecule has 1 saturated heterocycles. The van der Waals surface area contributed by atoms with Gasteiger partial charge in [0, 0.05) is 25.2 Å². The molecule has 0 saturated carbocycles. The second-order valence-electron chi connectivity index (χ2n) is 6.03. The van der Waals surface area contributed by atoms with E-state index in [0.717, 1.165) is 12.5 Å². The maximum atomic E-state index is 3.62. The van der Waals surface area contributed by atoms with Crippen molar-refractivity contribution < 1.29 is 0 Å². The Morgan fingerprint density at radius 3 is 2.68 bits per heavy atom. The Kier molecular flexibility index (Phi) is 5.41. The van der Waals surface area contributed by atoms with Crippen molar-refractivity contribution in [3.8, 4) is 0 Å². The zero-order valence-corrected chi connectivity index (χ0v) is 12.6. The monoisotopic (exact) mass is 260 g/mol. The molecule has 1 N–H and O–H groups in total. The van der Waals surface area contributed by atoms with Crippen molar-refractivity contribution in [2.24, 2.45) is 5.92 Å². The fraction of sp³-hybridized carbons (Fsp3) is 0.647. The van der Waals surface area contributed by atoms with Crippen LogP contribution < -0.4 is 5.32 Å². The first-order chi connectivity index (χ1) is 9.20. The van der Waals surface area contributed by atoms with Gasteiger partial charge in [-0.05, 0) is 37.8 Å². The molecule has 2 nitrogen and oxygen atoms in total. The van der Waals surface area contributed by atoms with Crippen molar-refractivity contribution in [1.29, 1.82) is 0 Å². The predicted molar refractivity (Wildman–Crippen MR) is 82.3 cm³/mol. The van der Waals surface area contributed by atoms with Gasteiger partial charge < -0.3 is 5.32 Å². The van der Waals surface area contributed by atoms with Crippen LogP contribution in [0.2, 0.25) is 0 Å². The minimum Gasteiger partial charge on any atom is -0.314 e. The Balaban J connectivity index is 2.11. The number of nitrogens with zero attached hydrogens (tertiary/aromatic N) is 1. The molecule has 3 atom stereocenters. The zero-order valence-electron chi connectivity index (χ0n) is 12.6. The lowest BCUT2D eigenvalue weighted by atomic mass is 9.99. The second-order valence-corrected chi connectivity index (χ2v) is 6.03. The largest absolute Gasteiger partial charge is 0.314 e. The number of rotatable bonds is 3. The van der Waals surface area contributed by atoms with Crippen molar-refractivity contribution in [1.82, 2.24) is 10.2 Å². The quantitative estimate of drug-likeness (QED) is 0.895. The summed E-state index contributed by atoms with van der Waals surface area (Å²) in [4.78, 5) is 2.69. The maximum Gasteiger partial charge on any atom is 0.0345 e. The molecule has 0 bridgehead atoms. The summed E-state index contributed by atoms with van der Waals surface area (Å²) in [5, 5.41) is 3.62.